The number of aromatic nitrogens is 1. The van der Waals surface area contributed by atoms with E-state index in [1.165, 1.54) is 30.5 Å². The van der Waals surface area contributed by atoms with Gasteiger partial charge in [0.05, 0.1) is 9.95 Å². The highest BCUT2D eigenvalue weighted by atomic mass is 35.5. The van der Waals surface area contributed by atoms with Crippen molar-refractivity contribution in [1.29, 1.82) is 0 Å². The van der Waals surface area contributed by atoms with Gasteiger partial charge in [-0.1, -0.05) is 11.6 Å². The zero-order valence-corrected chi connectivity index (χ0v) is 12.3. The number of anilines is 1. The molecule has 2 aromatic rings. The van der Waals surface area contributed by atoms with Crippen molar-refractivity contribution in [3.63, 3.8) is 0 Å². The Kier molecular flexibility index (Phi) is 4.90. The molecule has 1 amide bonds. The van der Waals surface area contributed by atoms with Crippen molar-refractivity contribution < 1.29 is 14.5 Å². The first-order valence-corrected chi connectivity index (χ1v) is 6.67. The maximum Gasteiger partial charge on any atom is 0.269 e. The van der Waals surface area contributed by atoms with Gasteiger partial charge in [0, 0.05) is 18.3 Å². The molecule has 1 heterocycles. The van der Waals surface area contributed by atoms with Crippen LogP contribution in [0.2, 0.25) is 5.02 Å². The number of halogens is 1. The highest BCUT2D eigenvalue weighted by Crippen LogP contribution is 2.18. The van der Waals surface area contributed by atoms with Crippen LogP contribution in [0.25, 0.3) is 0 Å². The van der Waals surface area contributed by atoms with Crippen molar-refractivity contribution >= 4 is 29.0 Å². The quantitative estimate of drug-likeness (QED) is 0.674. The van der Waals surface area contributed by atoms with Gasteiger partial charge in [-0.2, -0.15) is 0 Å². The highest BCUT2D eigenvalue weighted by molar-refractivity contribution is 6.30. The fourth-order valence-corrected chi connectivity index (χ4v) is 1.69. The first-order chi connectivity index (χ1) is 10.5. The van der Waals surface area contributed by atoms with Gasteiger partial charge in [0.2, 0.25) is 0 Å². The Morgan fingerprint density at radius 2 is 2.00 bits per heavy atom. The fraction of sp³-hybridized carbons (Fsp3) is 0.143. The third kappa shape index (κ3) is 4.16. The van der Waals surface area contributed by atoms with Gasteiger partial charge >= 0.3 is 0 Å². The van der Waals surface area contributed by atoms with E-state index >= 15 is 0 Å². The number of nitro groups is 1. The van der Waals surface area contributed by atoms with Crippen molar-refractivity contribution in [2.75, 3.05) is 5.32 Å². The van der Waals surface area contributed by atoms with E-state index in [1.807, 2.05) is 0 Å². The SMILES string of the molecule is C[C@H](Oc1ccc([N+](=O)[O-])cc1)C(=O)Nc1ccc(Cl)cn1. The first-order valence-electron chi connectivity index (χ1n) is 6.29. The molecule has 0 aliphatic carbocycles. The zero-order valence-electron chi connectivity index (χ0n) is 11.5. The molecule has 1 atom stereocenters. The lowest BCUT2D eigenvalue weighted by Crippen LogP contribution is -2.30. The van der Waals surface area contributed by atoms with Crippen molar-refractivity contribution in [1.82, 2.24) is 4.98 Å². The van der Waals surface area contributed by atoms with Crippen LogP contribution in [0.1, 0.15) is 6.92 Å². The average Bonchev–Trinajstić information content (AvgIpc) is 2.50. The van der Waals surface area contributed by atoms with E-state index in [0.29, 0.717) is 16.6 Å². The Morgan fingerprint density at radius 3 is 2.55 bits per heavy atom. The summed E-state index contributed by atoms with van der Waals surface area (Å²) >= 11 is 5.71. The van der Waals surface area contributed by atoms with E-state index in [2.05, 4.69) is 10.3 Å². The van der Waals surface area contributed by atoms with Crippen LogP contribution in [0.3, 0.4) is 0 Å². The lowest BCUT2D eigenvalue weighted by Gasteiger charge is -2.14. The molecule has 7 nitrogen and oxygen atoms in total. The second-order valence-corrected chi connectivity index (χ2v) is 4.80. The summed E-state index contributed by atoms with van der Waals surface area (Å²) in [5, 5.41) is 13.6. The van der Waals surface area contributed by atoms with Crippen LogP contribution < -0.4 is 10.1 Å². The Labute approximate surface area is 131 Å². The maximum absolute atomic E-state index is 12.0. The standard InChI is InChI=1S/C14H12ClN3O4/c1-9(14(19)17-13-7-2-10(15)8-16-13)22-12-5-3-11(4-6-12)18(20)21/h2-9H,1H3,(H,16,17,19)/t9-/m0/s1. The number of nitrogens with one attached hydrogen (secondary N) is 1. The number of nitro benzene ring substituents is 1. The number of hydrogen-bond acceptors (Lipinski definition) is 5. The molecule has 0 saturated carbocycles. The number of amides is 1. The first kappa shape index (κ1) is 15.7. The Balaban J connectivity index is 1.95. The van der Waals surface area contributed by atoms with E-state index in [0.717, 1.165) is 0 Å². The molecule has 0 saturated heterocycles. The number of carbonyl (C=O) groups excluding carboxylic acids is 1. The Morgan fingerprint density at radius 1 is 1.32 bits per heavy atom. The van der Waals surface area contributed by atoms with Crippen molar-refractivity contribution in [3.8, 4) is 5.75 Å². The van der Waals surface area contributed by atoms with E-state index < -0.39 is 16.9 Å². The van der Waals surface area contributed by atoms with Gasteiger partial charge in [0.25, 0.3) is 11.6 Å². The van der Waals surface area contributed by atoms with Gasteiger partial charge in [-0.25, -0.2) is 4.98 Å². The van der Waals surface area contributed by atoms with Gasteiger partial charge in [-0.15, -0.1) is 0 Å². The molecule has 0 aliphatic rings. The molecule has 0 unspecified atom stereocenters. The van der Waals surface area contributed by atoms with E-state index in [1.54, 1.807) is 19.1 Å². The van der Waals surface area contributed by atoms with Gasteiger partial charge in [0.15, 0.2) is 6.10 Å². The summed E-state index contributed by atoms with van der Waals surface area (Å²) in [5.74, 6) is 0.319. The summed E-state index contributed by atoms with van der Waals surface area (Å²) in [6, 6.07) is 8.65. The minimum absolute atomic E-state index is 0.0465. The molecule has 2 rings (SSSR count). The number of pyridine rings is 1. The average molecular weight is 322 g/mol. The second-order valence-electron chi connectivity index (χ2n) is 4.36. The molecular formula is C14H12ClN3O4. The minimum Gasteiger partial charge on any atom is -0.481 e. The molecule has 1 aromatic carbocycles. The minimum atomic E-state index is -0.793. The Hall–Kier alpha value is -2.67. The molecule has 8 heteroatoms. The van der Waals surface area contributed by atoms with Crippen LogP contribution in [0.15, 0.2) is 42.6 Å². The molecule has 0 bridgehead atoms. The topological polar surface area (TPSA) is 94.4 Å². The molecule has 0 aliphatic heterocycles. The fourth-order valence-electron chi connectivity index (χ4n) is 1.58. The van der Waals surface area contributed by atoms with Gasteiger partial charge in [0.1, 0.15) is 11.6 Å². The smallest absolute Gasteiger partial charge is 0.269 e. The van der Waals surface area contributed by atoms with Gasteiger partial charge < -0.3 is 10.1 Å². The summed E-state index contributed by atoms with van der Waals surface area (Å²) in [6.07, 6.45) is 0.623. The van der Waals surface area contributed by atoms with E-state index in [9.17, 15) is 14.9 Å². The van der Waals surface area contributed by atoms with Crippen LogP contribution >= 0.6 is 11.6 Å². The van der Waals surface area contributed by atoms with Crippen LogP contribution in [0.5, 0.6) is 5.75 Å². The Bertz CT molecular complexity index is 673. The number of non-ortho nitro benzene ring substituents is 1. The van der Waals surface area contributed by atoms with Crippen molar-refractivity contribution in [2.24, 2.45) is 0 Å². The number of nitrogens with zero attached hydrogens (tertiary/aromatic N) is 2. The predicted molar refractivity (Wildman–Crippen MR) is 81.1 cm³/mol. The summed E-state index contributed by atoms with van der Waals surface area (Å²) in [6.45, 7) is 1.56. The number of rotatable bonds is 5. The molecule has 0 fully saturated rings. The number of hydrogen-bond donors (Lipinski definition) is 1. The molecule has 1 N–H and O–H groups in total. The predicted octanol–water partition coefficient (Wildman–Crippen LogP) is 3.05. The number of carbonyl (C=O) groups is 1. The zero-order chi connectivity index (χ0) is 16.1. The summed E-state index contributed by atoms with van der Waals surface area (Å²) in [5.41, 5.74) is -0.0465. The number of benzene rings is 1. The van der Waals surface area contributed by atoms with E-state index in [4.69, 9.17) is 16.3 Å². The molecule has 0 radical (unpaired) electrons. The summed E-state index contributed by atoms with van der Waals surface area (Å²) in [7, 11) is 0. The third-order valence-corrected chi connectivity index (χ3v) is 2.93. The largest absolute Gasteiger partial charge is 0.481 e. The van der Waals surface area contributed by atoms with E-state index in [-0.39, 0.29) is 5.69 Å². The molecule has 114 valence electrons. The molecule has 0 spiro atoms. The summed E-state index contributed by atoms with van der Waals surface area (Å²) < 4.78 is 5.42. The van der Waals surface area contributed by atoms with Gasteiger partial charge in [-0.3, -0.25) is 14.9 Å². The van der Waals surface area contributed by atoms with Crippen LogP contribution in [0.4, 0.5) is 11.5 Å². The lowest BCUT2D eigenvalue weighted by molar-refractivity contribution is -0.384. The highest BCUT2D eigenvalue weighted by Gasteiger charge is 2.16. The van der Waals surface area contributed by atoms with Crippen LogP contribution in [0, 0.1) is 10.1 Å². The molecule has 22 heavy (non-hydrogen) atoms. The van der Waals surface area contributed by atoms with Crippen LogP contribution in [-0.4, -0.2) is 21.9 Å². The van der Waals surface area contributed by atoms with Crippen molar-refractivity contribution in [2.45, 2.75) is 13.0 Å². The molecular weight excluding hydrogens is 310 g/mol. The lowest BCUT2D eigenvalue weighted by atomic mass is 10.3. The van der Waals surface area contributed by atoms with Crippen molar-refractivity contribution in [3.05, 3.63) is 57.7 Å². The number of ether oxygens (including phenoxy) is 1. The maximum atomic E-state index is 12.0. The summed E-state index contributed by atoms with van der Waals surface area (Å²) in [4.78, 5) is 26.0. The normalized spacial score (nSPS) is 11.5. The van der Waals surface area contributed by atoms with Crippen LogP contribution in [-0.2, 0) is 4.79 Å². The second kappa shape index (κ2) is 6.86. The molecule has 1 aromatic heterocycles. The van der Waals surface area contributed by atoms with Gasteiger partial charge in [-0.05, 0) is 31.2 Å². The third-order valence-electron chi connectivity index (χ3n) is 2.71. The monoisotopic (exact) mass is 321 g/mol.